The highest BCUT2D eigenvalue weighted by Gasteiger charge is 2.22. The van der Waals surface area contributed by atoms with E-state index in [-0.39, 0.29) is 11.9 Å². The van der Waals surface area contributed by atoms with Gasteiger partial charge >= 0.3 is 0 Å². The van der Waals surface area contributed by atoms with E-state index in [1.807, 2.05) is 0 Å². The molecule has 0 bridgehead atoms. The van der Waals surface area contributed by atoms with Crippen molar-refractivity contribution in [2.45, 2.75) is 32.7 Å². The normalized spacial score (nSPS) is 22.7. The van der Waals surface area contributed by atoms with Crippen molar-refractivity contribution in [2.75, 3.05) is 19.6 Å². The molecule has 0 unspecified atom stereocenters. The summed E-state index contributed by atoms with van der Waals surface area (Å²) < 4.78 is 0. The first-order valence-corrected chi connectivity index (χ1v) is 8.73. The number of fused-ring (bicyclic) bond motifs is 1. The Hall–Kier alpha value is -1.87. The molecule has 0 aromatic heterocycles. The van der Waals surface area contributed by atoms with Gasteiger partial charge in [-0.2, -0.15) is 0 Å². The fourth-order valence-electron chi connectivity index (χ4n) is 3.43. The topological polar surface area (TPSA) is 33.5 Å². The molecule has 1 heterocycles. The summed E-state index contributed by atoms with van der Waals surface area (Å²) in [6, 6.07) is 14.8. The van der Waals surface area contributed by atoms with Crippen molar-refractivity contribution in [3.8, 4) is 0 Å². The van der Waals surface area contributed by atoms with Crippen LogP contribution in [0.15, 0.2) is 42.5 Å². The van der Waals surface area contributed by atoms with Gasteiger partial charge in [-0.15, -0.1) is 0 Å². The second-order valence-electron chi connectivity index (χ2n) is 7.01. The smallest absolute Gasteiger partial charge is 0.275 e. The lowest BCUT2D eigenvalue weighted by Gasteiger charge is -2.27. The minimum absolute atomic E-state index is 0.0511. The van der Waals surface area contributed by atoms with Gasteiger partial charge in [0.2, 0.25) is 0 Å². The third kappa shape index (κ3) is 4.11. The molecule has 1 atom stereocenters. The summed E-state index contributed by atoms with van der Waals surface area (Å²) in [6.07, 6.45) is 2.48. The molecule has 2 aromatic rings. The molecule has 2 aromatic carbocycles. The molecule has 122 valence electrons. The van der Waals surface area contributed by atoms with Gasteiger partial charge in [-0.3, -0.25) is 4.79 Å². The first-order valence-electron chi connectivity index (χ1n) is 8.73. The van der Waals surface area contributed by atoms with Crippen molar-refractivity contribution >= 4 is 16.7 Å². The maximum Gasteiger partial charge on any atom is 0.275 e. The van der Waals surface area contributed by atoms with Gasteiger partial charge in [0.25, 0.3) is 5.91 Å². The average Bonchev–Trinajstić information content (AvgIpc) is 2.56. The molecule has 3 rings (SSSR count). The molecule has 1 amide bonds. The van der Waals surface area contributed by atoms with Gasteiger partial charge in [0, 0.05) is 0 Å². The summed E-state index contributed by atoms with van der Waals surface area (Å²) in [7, 11) is 0. The standard InChI is InChI=1S/C20H26N2O/c1-15-9-11-22(12-10-15)14-20(23)21-16(2)18-8-7-17-5-3-4-6-19(17)13-18/h3-8,13,15-16H,9-12,14H2,1-2H3,(H,21,23)/p+1/t16-/m1/s1. The molecule has 1 aliphatic heterocycles. The monoisotopic (exact) mass is 311 g/mol. The summed E-state index contributed by atoms with van der Waals surface area (Å²) in [6.45, 7) is 7.22. The Labute approximate surface area is 138 Å². The summed E-state index contributed by atoms with van der Waals surface area (Å²) in [4.78, 5) is 13.7. The molecule has 3 heteroatoms. The number of quaternary nitrogens is 1. The van der Waals surface area contributed by atoms with Crippen molar-refractivity contribution in [1.29, 1.82) is 0 Å². The minimum atomic E-state index is 0.0511. The molecule has 1 aliphatic rings. The van der Waals surface area contributed by atoms with Crippen LogP contribution >= 0.6 is 0 Å². The number of likely N-dealkylation sites (tertiary alicyclic amines) is 1. The summed E-state index contributed by atoms with van der Waals surface area (Å²) in [5.41, 5.74) is 1.17. The lowest BCUT2D eigenvalue weighted by Crippen LogP contribution is -3.14. The van der Waals surface area contributed by atoms with Crippen LogP contribution in [0.5, 0.6) is 0 Å². The zero-order chi connectivity index (χ0) is 16.2. The third-order valence-electron chi connectivity index (χ3n) is 5.04. The van der Waals surface area contributed by atoms with Crippen molar-refractivity contribution in [3.05, 3.63) is 48.0 Å². The van der Waals surface area contributed by atoms with Crippen LogP contribution in [0.25, 0.3) is 10.8 Å². The van der Waals surface area contributed by atoms with E-state index in [4.69, 9.17) is 0 Å². The maximum atomic E-state index is 12.3. The van der Waals surface area contributed by atoms with E-state index >= 15 is 0 Å². The Kier molecular flexibility index (Phi) is 4.97. The minimum Gasteiger partial charge on any atom is -0.345 e. The van der Waals surface area contributed by atoms with Gasteiger partial charge in [0.15, 0.2) is 6.54 Å². The second kappa shape index (κ2) is 7.14. The predicted octanol–water partition coefficient (Wildman–Crippen LogP) is 2.33. The molecule has 3 nitrogen and oxygen atoms in total. The number of benzene rings is 2. The first kappa shape index (κ1) is 16.0. The lowest BCUT2D eigenvalue weighted by atomic mass is 9.99. The lowest BCUT2D eigenvalue weighted by molar-refractivity contribution is -0.898. The Morgan fingerprint density at radius 2 is 1.87 bits per heavy atom. The quantitative estimate of drug-likeness (QED) is 0.893. The predicted molar refractivity (Wildman–Crippen MR) is 94.5 cm³/mol. The number of carbonyl (C=O) groups is 1. The van der Waals surface area contributed by atoms with Gasteiger partial charge < -0.3 is 10.2 Å². The molecular formula is C20H27N2O+. The fraction of sp³-hybridized carbons (Fsp3) is 0.450. The molecular weight excluding hydrogens is 284 g/mol. The Morgan fingerprint density at radius 3 is 2.61 bits per heavy atom. The number of amides is 1. The van der Waals surface area contributed by atoms with Gasteiger partial charge in [0.1, 0.15) is 0 Å². The molecule has 2 N–H and O–H groups in total. The second-order valence-corrected chi connectivity index (χ2v) is 7.01. The van der Waals surface area contributed by atoms with E-state index in [0.29, 0.717) is 6.54 Å². The first-order chi connectivity index (χ1) is 11.1. The van der Waals surface area contributed by atoms with E-state index < -0.39 is 0 Å². The van der Waals surface area contributed by atoms with E-state index in [2.05, 4.69) is 61.6 Å². The van der Waals surface area contributed by atoms with Crippen LogP contribution in [0.3, 0.4) is 0 Å². The van der Waals surface area contributed by atoms with Crippen LogP contribution in [0.4, 0.5) is 0 Å². The van der Waals surface area contributed by atoms with E-state index in [1.165, 1.54) is 34.1 Å². The molecule has 23 heavy (non-hydrogen) atoms. The van der Waals surface area contributed by atoms with Crippen molar-refractivity contribution in [1.82, 2.24) is 5.32 Å². The van der Waals surface area contributed by atoms with E-state index in [1.54, 1.807) is 0 Å². The number of carbonyl (C=O) groups excluding carboxylic acids is 1. The highest BCUT2D eigenvalue weighted by Crippen LogP contribution is 2.20. The van der Waals surface area contributed by atoms with Crippen LogP contribution in [-0.4, -0.2) is 25.5 Å². The van der Waals surface area contributed by atoms with Crippen LogP contribution in [0.1, 0.15) is 38.3 Å². The van der Waals surface area contributed by atoms with Crippen molar-refractivity contribution in [3.63, 3.8) is 0 Å². The van der Waals surface area contributed by atoms with Gasteiger partial charge in [-0.05, 0) is 48.1 Å². The summed E-state index contributed by atoms with van der Waals surface area (Å²) in [5, 5.41) is 5.62. The van der Waals surface area contributed by atoms with E-state index in [0.717, 1.165) is 19.0 Å². The summed E-state index contributed by atoms with van der Waals surface area (Å²) >= 11 is 0. The number of rotatable bonds is 4. The van der Waals surface area contributed by atoms with Crippen LogP contribution in [0, 0.1) is 5.92 Å². The number of piperidine rings is 1. The van der Waals surface area contributed by atoms with Crippen molar-refractivity contribution < 1.29 is 9.69 Å². The van der Waals surface area contributed by atoms with E-state index in [9.17, 15) is 4.79 Å². The zero-order valence-corrected chi connectivity index (χ0v) is 14.1. The van der Waals surface area contributed by atoms with Crippen molar-refractivity contribution in [2.24, 2.45) is 5.92 Å². The molecule has 0 spiro atoms. The number of hydrogen-bond donors (Lipinski definition) is 2. The fourth-order valence-corrected chi connectivity index (χ4v) is 3.43. The Bertz CT molecular complexity index is 674. The van der Waals surface area contributed by atoms with Crippen LogP contribution < -0.4 is 10.2 Å². The third-order valence-corrected chi connectivity index (χ3v) is 5.04. The molecule has 1 saturated heterocycles. The van der Waals surface area contributed by atoms with Crippen LogP contribution in [0.2, 0.25) is 0 Å². The molecule has 0 radical (unpaired) electrons. The number of hydrogen-bond acceptors (Lipinski definition) is 1. The zero-order valence-electron chi connectivity index (χ0n) is 14.1. The highest BCUT2D eigenvalue weighted by molar-refractivity contribution is 5.83. The Morgan fingerprint density at radius 1 is 1.17 bits per heavy atom. The van der Waals surface area contributed by atoms with Gasteiger partial charge in [0.05, 0.1) is 19.1 Å². The van der Waals surface area contributed by atoms with Gasteiger partial charge in [-0.25, -0.2) is 0 Å². The highest BCUT2D eigenvalue weighted by atomic mass is 16.2. The number of nitrogens with one attached hydrogen (secondary N) is 2. The van der Waals surface area contributed by atoms with Crippen LogP contribution in [-0.2, 0) is 4.79 Å². The maximum absolute atomic E-state index is 12.3. The summed E-state index contributed by atoms with van der Waals surface area (Å²) in [5.74, 6) is 0.980. The average molecular weight is 311 g/mol. The molecule has 0 saturated carbocycles. The molecule has 0 aliphatic carbocycles. The van der Waals surface area contributed by atoms with Gasteiger partial charge in [-0.1, -0.05) is 43.3 Å². The molecule has 1 fully saturated rings. The Balaban J connectivity index is 1.58. The SMILES string of the molecule is CC1CC[NH+](CC(=O)N[C@H](C)c2ccc3ccccc3c2)CC1. The largest absolute Gasteiger partial charge is 0.345 e.